The van der Waals surface area contributed by atoms with Crippen molar-refractivity contribution in [1.82, 2.24) is 16.2 Å². The Morgan fingerprint density at radius 3 is 2.52 bits per heavy atom. The van der Waals surface area contributed by atoms with E-state index < -0.39 is 34.6 Å². The van der Waals surface area contributed by atoms with Crippen molar-refractivity contribution >= 4 is 23.6 Å². The number of benzene rings is 1. The molecule has 0 fully saturated rings. The van der Waals surface area contributed by atoms with E-state index in [-0.39, 0.29) is 12.0 Å². The lowest BCUT2D eigenvalue weighted by Gasteiger charge is -2.15. The molecule has 0 radical (unpaired) electrons. The first-order chi connectivity index (χ1) is 10.9. The molecule has 3 amide bonds. The third-order valence-electron chi connectivity index (χ3n) is 2.66. The van der Waals surface area contributed by atoms with E-state index in [0.29, 0.717) is 0 Å². The summed E-state index contributed by atoms with van der Waals surface area (Å²) in [5.74, 6) is -1.74. The van der Waals surface area contributed by atoms with Crippen LogP contribution < -0.4 is 16.2 Å². The number of nitro groups is 1. The Morgan fingerprint density at radius 2 is 1.96 bits per heavy atom. The van der Waals surface area contributed by atoms with Crippen molar-refractivity contribution in [2.75, 3.05) is 0 Å². The van der Waals surface area contributed by atoms with E-state index in [4.69, 9.17) is 5.11 Å². The van der Waals surface area contributed by atoms with Gasteiger partial charge < -0.3 is 10.4 Å². The van der Waals surface area contributed by atoms with Crippen LogP contribution in [0.15, 0.2) is 36.9 Å². The normalized spacial score (nSPS) is 11.0. The molecule has 10 heteroatoms. The van der Waals surface area contributed by atoms with Gasteiger partial charge in [0.25, 0.3) is 17.5 Å². The zero-order valence-electron chi connectivity index (χ0n) is 11.8. The van der Waals surface area contributed by atoms with E-state index in [0.717, 1.165) is 6.07 Å². The molecule has 0 saturated heterocycles. The highest BCUT2D eigenvalue weighted by Gasteiger charge is 2.22. The molecule has 0 spiro atoms. The van der Waals surface area contributed by atoms with Crippen LogP contribution in [0.5, 0.6) is 0 Å². The van der Waals surface area contributed by atoms with Gasteiger partial charge in [-0.25, -0.2) is 4.79 Å². The first-order valence-corrected chi connectivity index (χ1v) is 6.30. The third-order valence-corrected chi connectivity index (χ3v) is 2.66. The molecule has 0 aliphatic rings. The van der Waals surface area contributed by atoms with Gasteiger partial charge in [-0.15, -0.1) is 6.58 Å². The molecule has 0 aliphatic heterocycles. The molecule has 1 aromatic rings. The summed E-state index contributed by atoms with van der Waals surface area (Å²) in [6, 6.07) is 4.02. The molecule has 1 atom stereocenters. The minimum Gasteiger partial charge on any atom is -0.465 e. The lowest BCUT2D eigenvalue weighted by Crippen LogP contribution is -2.52. The van der Waals surface area contributed by atoms with Crippen molar-refractivity contribution in [3.63, 3.8) is 0 Å². The Balaban J connectivity index is 2.75. The van der Waals surface area contributed by atoms with Gasteiger partial charge in [-0.2, -0.15) is 0 Å². The number of hydrazine groups is 1. The Kier molecular flexibility index (Phi) is 6.22. The van der Waals surface area contributed by atoms with Gasteiger partial charge in [0, 0.05) is 6.07 Å². The molecule has 1 unspecified atom stereocenters. The van der Waals surface area contributed by atoms with Gasteiger partial charge in [0.1, 0.15) is 11.6 Å². The largest absolute Gasteiger partial charge is 0.465 e. The summed E-state index contributed by atoms with van der Waals surface area (Å²) in [6.45, 7) is 3.39. The number of nitro benzene ring substituents is 1. The van der Waals surface area contributed by atoms with Crippen LogP contribution in [0, 0.1) is 10.1 Å². The quantitative estimate of drug-likeness (QED) is 0.341. The van der Waals surface area contributed by atoms with Gasteiger partial charge in [-0.1, -0.05) is 18.2 Å². The summed E-state index contributed by atoms with van der Waals surface area (Å²) in [4.78, 5) is 44.4. The molecule has 0 heterocycles. The molecule has 0 aliphatic carbocycles. The van der Waals surface area contributed by atoms with Gasteiger partial charge in [0.2, 0.25) is 0 Å². The maximum atomic E-state index is 11.9. The SMILES string of the molecule is C=CCC(NC(=O)O)C(=O)NNC(=O)c1ccccc1[N+](=O)[O-]. The van der Waals surface area contributed by atoms with Crippen LogP contribution in [-0.4, -0.2) is 34.0 Å². The number of rotatable bonds is 6. The molecule has 0 bridgehead atoms. The first kappa shape index (κ1) is 17.6. The number of carboxylic acid groups (broad SMARTS) is 1. The Morgan fingerprint density at radius 1 is 1.30 bits per heavy atom. The molecule has 0 aromatic heterocycles. The fraction of sp³-hybridized carbons (Fsp3) is 0.154. The predicted octanol–water partition coefficient (Wildman–Crippen LogP) is 0.568. The van der Waals surface area contributed by atoms with Crippen molar-refractivity contribution < 1.29 is 24.4 Å². The first-order valence-electron chi connectivity index (χ1n) is 6.30. The molecule has 10 nitrogen and oxygen atoms in total. The van der Waals surface area contributed by atoms with E-state index in [2.05, 4.69) is 6.58 Å². The molecular weight excluding hydrogens is 308 g/mol. The Labute approximate surface area is 130 Å². The van der Waals surface area contributed by atoms with E-state index in [1.807, 2.05) is 16.2 Å². The number of amides is 3. The second-order valence-electron chi connectivity index (χ2n) is 4.24. The van der Waals surface area contributed by atoms with Crippen molar-refractivity contribution in [3.8, 4) is 0 Å². The second kappa shape index (κ2) is 8.12. The summed E-state index contributed by atoms with van der Waals surface area (Å²) in [6.07, 6.45) is -0.0965. The zero-order chi connectivity index (χ0) is 17.4. The average molecular weight is 322 g/mol. The van der Waals surface area contributed by atoms with Crippen LogP contribution in [-0.2, 0) is 4.79 Å². The number of nitrogens with one attached hydrogen (secondary N) is 3. The summed E-state index contributed by atoms with van der Waals surface area (Å²) in [5, 5.41) is 21.4. The molecule has 1 aromatic carbocycles. The number of hydrogen-bond acceptors (Lipinski definition) is 5. The number of nitrogens with zero attached hydrogens (tertiary/aromatic N) is 1. The molecule has 23 heavy (non-hydrogen) atoms. The van der Waals surface area contributed by atoms with E-state index in [1.165, 1.54) is 24.3 Å². The monoisotopic (exact) mass is 322 g/mol. The smallest absolute Gasteiger partial charge is 0.405 e. The van der Waals surface area contributed by atoms with Crippen LogP contribution in [0.25, 0.3) is 0 Å². The second-order valence-corrected chi connectivity index (χ2v) is 4.24. The number of carbonyl (C=O) groups excluding carboxylic acids is 2. The van der Waals surface area contributed by atoms with Gasteiger partial charge in [0.05, 0.1) is 4.92 Å². The van der Waals surface area contributed by atoms with Crippen LogP contribution in [0.4, 0.5) is 10.5 Å². The number of carbonyl (C=O) groups is 3. The number of hydrogen-bond donors (Lipinski definition) is 4. The summed E-state index contributed by atoms with van der Waals surface area (Å²) in [7, 11) is 0. The van der Waals surface area contributed by atoms with E-state index in [9.17, 15) is 24.5 Å². The van der Waals surface area contributed by atoms with Crippen molar-refractivity contribution in [1.29, 1.82) is 0 Å². The molecular formula is C13H14N4O6. The van der Waals surface area contributed by atoms with Crippen LogP contribution in [0.2, 0.25) is 0 Å². The minimum atomic E-state index is -1.42. The van der Waals surface area contributed by atoms with E-state index in [1.54, 1.807) is 0 Å². The highest BCUT2D eigenvalue weighted by atomic mass is 16.6. The van der Waals surface area contributed by atoms with E-state index >= 15 is 0 Å². The Bertz CT molecular complexity index is 645. The topological polar surface area (TPSA) is 151 Å². The fourth-order valence-corrected chi connectivity index (χ4v) is 1.64. The van der Waals surface area contributed by atoms with Crippen LogP contribution in [0.1, 0.15) is 16.8 Å². The molecule has 0 saturated carbocycles. The van der Waals surface area contributed by atoms with Crippen molar-refractivity contribution in [2.45, 2.75) is 12.5 Å². The summed E-state index contributed by atoms with van der Waals surface area (Å²) >= 11 is 0. The highest BCUT2D eigenvalue weighted by Crippen LogP contribution is 2.16. The predicted molar refractivity (Wildman–Crippen MR) is 78.5 cm³/mol. The molecule has 4 N–H and O–H groups in total. The van der Waals surface area contributed by atoms with Gasteiger partial charge in [0.15, 0.2) is 0 Å². The maximum absolute atomic E-state index is 11.9. The van der Waals surface area contributed by atoms with Crippen LogP contribution >= 0.6 is 0 Å². The maximum Gasteiger partial charge on any atom is 0.405 e. The molecule has 1 rings (SSSR count). The lowest BCUT2D eigenvalue weighted by molar-refractivity contribution is -0.385. The average Bonchev–Trinajstić information content (AvgIpc) is 2.51. The number of para-hydroxylation sites is 1. The van der Waals surface area contributed by atoms with Gasteiger partial charge >= 0.3 is 6.09 Å². The summed E-state index contributed by atoms with van der Waals surface area (Å²) in [5.41, 5.74) is 3.33. The lowest BCUT2D eigenvalue weighted by atomic mass is 10.1. The zero-order valence-corrected chi connectivity index (χ0v) is 11.8. The fourth-order valence-electron chi connectivity index (χ4n) is 1.64. The van der Waals surface area contributed by atoms with Gasteiger partial charge in [-0.3, -0.25) is 30.6 Å². The summed E-state index contributed by atoms with van der Waals surface area (Å²) < 4.78 is 0. The standard InChI is InChI=1S/C13H14N4O6/c1-2-5-9(14-13(20)21)12(19)16-15-11(18)8-6-3-4-7-10(8)17(22)23/h2-4,6-7,9,14H,1,5H2,(H,15,18)(H,16,19)(H,20,21). The minimum absolute atomic E-state index is 0.000507. The van der Waals surface area contributed by atoms with Crippen molar-refractivity contribution in [3.05, 3.63) is 52.6 Å². The third kappa shape index (κ3) is 5.12. The van der Waals surface area contributed by atoms with Crippen molar-refractivity contribution in [2.24, 2.45) is 0 Å². The Hall–Kier alpha value is -3.43. The van der Waals surface area contributed by atoms with Crippen LogP contribution in [0.3, 0.4) is 0 Å². The molecule has 122 valence electrons. The highest BCUT2D eigenvalue weighted by molar-refractivity contribution is 5.99. The van der Waals surface area contributed by atoms with Gasteiger partial charge in [-0.05, 0) is 12.5 Å².